The van der Waals surface area contributed by atoms with Crippen molar-refractivity contribution in [2.75, 3.05) is 26.2 Å². The van der Waals surface area contributed by atoms with Gasteiger partial charge in [-0.1, -0.05) is 30.4 Å². The molecular formula is C15H19N3. The van der Waals surface area contributed by atoms with Crippen LogP contribution in [0.25, 0.3) is 0 Å². The van der Waals surface area contributed by atoms with Gasteiger partial charge in [-0.3, -0.25) is 9.88 Å². The second-order valence-electron chi connectivity index (χ2n) is 4.87. The smallest absolute Gasteiger partial charge is 0.0857 e. The Morgan fingerprint density at radius 3 is 2.72 bits per heavy atom. The van der Waals surface area contributed by atoms with Gasteiger partial charge in [0.15, 0.2) is 0 Å². The highest BCUT2D eigenvalue weighted by Crippen LogP contribution is 2.35. The van der Waals surface area contributed by atoms with Gasteiger partial charge in [0, 0.05) is 32.4 Å². The first kappa shape index (κ1) is 11.6. The summed E-state index contributed by atoms with van der Waals surface area (Å²) in [6.45, 7) is 4.28. The van der Waals surface area contributed by atoms with Crippen LogP contribution in [0.1, 0.15) is 12.1 Å². The zero-order chi connectivity index (χ0) is 12.3. The second-order valence-corrected chi connectivity index (χ2v) is 4.87. The van der Waals surface area contributed by atoms with Crippen LogP contribution in [-0.2, 0) is 5.54 Å². The molecule has 2 heterocycles. The third-order valence-electron chi connectivity index (χ3n) is 3.84. The molecule has 1 N–H and O–H groups in total. The largest absolute Gasteiger partial charge is 0.314 e. The molecule has 3 rings (SSSR count). The van der Waals surface area contributed by atoms with Gasteiger partial charge in [0.1, 0.15) is 0 Å². The lowest BCUT2D eigenvalue weighted by Gasteiger charge is -2.44. The number of aromatic nitrogens is 1. The van der Waals surface area contributed by atoms with Gasteiger partial charge in [-0.15, -0.1) is 0 Å². The fourth-order valence-electron chi connectivity index (χ4n) is 2.88. The van der Waals surface area contributed by atoms with Crippen molar-refractivity contribution < 1.29 is 0 Å². The first-order valence-corrected chi connectivity index (χ1v) is 6.63. The predicted octanol–water partition coefficient (Wildman–Crippen LogP) is 1.70. The Hall–Kier alpha value is -1.45. The van der Waals surface area contributed by atoms with Gasteiger partial charge in [-0.25, -0.2) is 0 Å². The molecule has 1 unspecified atom stereocenters. The molecule has 0 saturated carbocycles. The van der Waals surface area contributed by atoms with Crippen LogP contribution in [0.15, 0.2) is 48.7 Å². The minimum Gasteiger partial charge on any atom is -0.314 e. The van der Waals surface area contributed by atoms with E-state index in [-0.39, 0.29) is 5.54 Å². The molecule has 3 nitrogen and oxygen atoms in total. The highest BCUT2D eigenvalue weighted by atomic mass is 15.2. The van der Waals surface area contributed by atoms with Crippen LogP contribution in [0, 0.1) is 0 Å². The van der Waals surface area contributed by atoms with Crippen LogP contribution in [-0.4, -0.2) is 36.1 Å². The van der Waals surface area contributed by atoms with Crippen LogP contribution >= 0.6 is 0 Å². The summed E-state index contributed by atoms with van der Waals surface area (Å²) >= 11 is 0. The quantitative estimate of drug-likeness (QED) is 0.854. The number of nitrogens with one attached hydrogen (secondary N) is 1. The van der Waals surface area contributed by atoms with Crippen molar-refractivity contribution in [1.82, 2.24) is 15.2 Å². The molecule has 0 spiro atoms. The van der Waals surface area contributed by atoms with Crippen molar-refractivity contribution in [1.29, 1.82) is 0 Å². The summed E-state index contributed by atoms with van der Waals surface area (Å²) in [5.41, 5.74) is 1.12. The van der Waals surface area contributed by atoms with Gasteiger partial charge >= 0.3 is 0 Å². The van der Waals surface area contributed by atoms with Crippen molar-refractivity contribution in [2.45, 2.75) is 12.0 Å². The average Bonchev–Trinajstić information content (AvgIpc) is 2.50. The lowest BCUT2D eigenvalue weighted by atomic mass is 9.85. The van der Waals surface area contributed by atoms with Gasteiger partial charge in [-0.2, -0.15) is 0 Å². The molecule has 1 fully saturated rings. The summed E-state index contributed by atoms with van der Waals surface area (Å²) in [6.07, 6.45) is 11.7. The molecule has 94 valence electrons. The Balaban J connectivity index is 1.98. The van der Waals surface area contributed by atoms with Crippen LogP contribution in [0.3, 0.4) is 0 Å². The standard InChI is InChI=1S/C15H19N3/c1-3-7-15(8-4-1,14-6-2-5-9-17-14)18-12-10-16-11-13-18/h1-7,9,16H,8,10-13H2. The van der Waals surface area contributed by atoms with Crippen LogP contribution in [0.2, 0.25) is 0 Å². The van der Waals surface area contributed by atoms with Crippen LogP contribution in [0.4, 0.5) is 0 Å². The predicted molar refractivity (Wildman–Crippen MR) is 73.3 cm³/mol. The topological polar surface area (TPSA) is 28.2 Å². The summed E-state index contributed by atoms with van der Waals surface area (Å²) in [5, 5.41) is 3.42. The molecule has 0 radical (unpaired) electrons. The molecule has 1 aromatic rings. The van der Waals surface area contributed by atoms with Gasteiger partial charge in [0.2, 0.25) is 0 Å². The summed E-state index contributed by atoms with van der Waals surface area (Å²) in [4.78, 5) is 7.15. The van der Waals surface area contributed by atoms with Crippen molar-refractivity contribution >= 4 is 0 Å². The van der Waals surface area contributed by atoms with E-state index >= 15 is 0 Å². The van der Waals surface area contributed by atoms with E-state index in [1.54, 1.807) is 0 Å². The molecule has 18 heavy (non-hydrogen) atoms. The Kier molecular flexibility index (Phi) is 3.26. The average molecular weight is 241 g/mol. The number of hydrogen-bond acceptors (Lipinski definition) is 3. The Bertz CT molecular complexity index is 446. The van der Waals surface area contributed by atoms with E-state index in [1.807, 2.05) is 12.3 Å². The van der Waals surface area contributed by atoms with E-state index in [4.69, 9.17) is 0 Å². The van der Waals surface area contributed by atoms with Crippen LogP contribution < -0.4 is 5.32 Å². The fraction of sp³-hybridized carbons (Fsp3) is 0.400. The van der Waals surface area contributed by atoms with Crippen molar-refractivity contribution in [2.24, 2.45) is 0 Å². The highest BCUT2D eigenvalue weighted by Gasteiger charge is 2.37. The maximum Gasteiger partial charge on any atom is 0.0857 e. The zero-order valence-corrected chi connectivity index (χ0v) is 10.5. The molecule has 1 aliphatic heterocycles. The molecule has 0 bridgehead atoms. The molecule has 1 aliphatic carbocycles. The number of nitrogens with zero attached hydrogens (tertiary/aromatic N) is 2. The number of pyridine rings is 1. The lowest BCUT2D eigenvalue weighted by Crippen LogP contribution is -2.54. The van der Waals surface area contributed by atoms with E-state index in [0.717, 1.165) is 38.3 Å². The number of piperazine rings is 1. The van der Waals surface area contributed by atoms with Gasteiger partial charge in [0.05, 0.1) is 11.2 Å². The maximum absolute atomic E-state index is 4.60. The monoisotopic (exact) mass is 241 g/mol. The summed E-state index contributed by atoms with van der Waals surface area (Å²) in [6, 6.07) is 6.21. The lowest BCUT2D eigenvalue weighted by molar-refractivity contribution is 0.109. The number of allylic oxidation sites excluding steroid dienone is 2. The van der Waals surface area contributed by atoms with E-state index in [2.05, 4.69) is 51.6 Å². The van der Waals surface area contributed by atoms with Crippen LogP contribution in [0.5, 0.6) is 0 Å². The maximum atomic E-state index is 4.60. The first-order valence-electron chi connectivity index (χ1n) is 6.63. The van der Waals surface area contributed by atoms with E-state index < -0.39 is 0 Å². The van der Waals surface area contributed by atoms with Gasteiger partial charge < -0.3 is 5.32 Å². The van der Waals surface area contributed by atoms with E-state index in [0.29, 0.717) is 0 Å². The molecule has 1 atom stereocenters. The normalized spacial score (nSPS) is 28.4. The summed E-state index contributed by atoms with van der Waals surface area (Å²) in [7, 11) is 0. The SMILES string of the molecule is C1=CCC(c2ccccn2)(N2CCNCC2)C=C1. The van der Waals surface area contributed by atoms with Crippen molar-refractivity contribution in [3.05, 3.63) is 54.4 Å². The van der Waals surface area contributed by atoms with Gasteiger partial charge in [-0.05, 0) is 18.6 Å². The molecule has 3 heteroatoms. The minimum atomic E-state index is -0.0435. The van der Waals surface area contributed by atoms with E-state index in [9.17, 15) is 0 Å². The molecule has 0 aromatic carbocycles. The summed E-state index contributed by atoms with van der Waals surface area (Å²) in [5.74, 6) is 0. The highest BCUT2D eigenvalue weighted by molar-refractivity contribution is 5.30. The molecule has 2 aliphatic rings. The Morgan fingerprint density at radius 2 is 2.06 bits per heavy atom. The minimum absolute atomic E-state index is 0.0435. The fourth-order valence-corrected chi connectivity index (χ4v) is 2.88. The van der Waals surface area contributed by atoms with Crippen molar-refractivity contribution in [3.8, 4) is 0 Å². The van der Waals surface area contributed by atoms with Crippen molar-refractivity contribution in [3.63, 3.8) is 0 Å². The Labute approximate surface area is 108 Å². The number of rotatable bonds is 2. The van der Waals surface area contributed by atoms with Gasteiger partial charge in [0.25, 0.3) is 0 Å². The van der Waals surface area contributed by atoms with E-state index in [1.165, 1.54) is 0 Å². The molecular weight excluding hydrogens is 222 g/mol. The zero-order valence-electron chi connectivity index (χ0n) is 10.5. The third kappa shape index (κ3) is 2.00. The molecule has 1 saturated heterocycles. The summed E-state index contributed by atoms with van der Waals surface area (Å²) < 4.78 is 0. The Morgan fingerprint density at radius 1 is 1.17 bits per heavy atom. The second kappa shape index (κ2) is 5.04. The first-order chi connectivity index (χ1) is 8.92. The molecule has 1 aromatic heterocycles. The molecule has 0 amide bonds. The number of hydrogen-bond donors (Lipinski definition) is 1. The third-order valence-corrected chi connectivity index (χ3v) is 3.84.